The first kappa shape index (κ1) is 12.3. The fourth-order valence-electron chi connectivity index (χ4n) is 2.48. The maximum atomic E-state index is 11.3. The zero-order valence-corrected chi connectivity index (χ0v) is 10.6. The Labute approximate surface area is 102 Å². The van der Waals surface area contributed by atoms with Crippen molar-refractivity contribution in [1.82, 2.24) is 10.1 Å². The molecule has 17 heavy (non-hydrogen) atoms. The monoisotopic (exact) mass is 236 g/mol. The highest BCUT2D eigenvalue weighted by Gasteiger charge is 2.28. The van der Waals surface area contributed by atoms with Gasteiger partial charge in [-0.1, -0.05) is 25.4 Å². The number of hydrogen-bond acceptors (Lipinski definition) is 4. The summed E-state index contributed by atoms with van der Waals surface area (Å²) in [4.78, 5) is 15.6. The number of nitrogens with zero attached hydrogens (tertiary/aromatic N) is 2. The summed E-state index contributed by atoms with van der Waals surface area (Å²) < 4.78 is 5.14. The lowest BCUT2D eigenvalue weighted by Gasteiger charge is -2.04. The van der Waals surface area contributed by atoms with Crippen molar-refractivity contribution in [3.05, 3.63) is 11.7 Å². The summed E-state index contributed by atoms with van der Waals surface area (Å²) in [7, 11) is 0. The first-order valence-corrected chi connectivity index (χ1v) is 6.57. The van der Waals surface area contributed by atoms with Crippen LogP contribution < -0.4 is 0 Å². The zero-order valence-electron chi connectivity index (χ0n) is 10.6. The van der Waals surface area contributed by atoms with Crippen LogP contribution in [0.15, 0.2) is 4.52 Å². The summed E-state index contributed by atoms with van der Waals surface area (Å²) in [6.07, 6.45) is 5.62. The van der Waals surface area contributed by atoms with Crippen molar-refractivity contribution in [2.24, 2.45) is 5.92 Å². The van der Waals surface area contributed by atoms with Gasteiger partial charge in [-0.05, 0) is 25.2 Å². The van der Waals surface area contributed by atoms with Crippen LogP contribution in [0.1, 0.15) is 63.6 Å². The van der Waals surface area contributed by atoms with E-state index >= 15 is 0 Å². The van der Waals surface area contributed by atoms with Crippen LogP contribution in [0, 0.1) is 5.92 Å². The normalized spacial score (nSPS) is 24.1. The Morgan fingerprint density at radius 2 is 2.24 bits per heavy atom. The van der Waals surface area contributed by atoms with E-state index in [-0.39, 0.29) is 12.2 Å². The Kier molecular flexibility index (Phi) is 3.92. The van der Waals surface area contributed by atoms with Gasteiger partial charge in [0.1, 0.15) is 5.78 Å². The number of carbonyl (C=O) groups excluding carboxylic acids is 1. The minimum absolute atomic E-state index is 0.151. The molecule has 0 spiro atoms. The number of hydrogen-bond donors (Lipinski definition) is 0. The first-order valence-electron chi connectivity index (χ1n) is 6.57. The van der Waals surface area contributed by atoms with Gasteiger partial charge in [0.15, 0.2) is 5.82 Å². The third-order valence-electron chi connectivity index (χ3n) is 3.71. The van der Waals surface area contributed by atoms with Crippen LogP contribution in [0.3, 0.4) is 0 Å². The average molecular weight is 236 g/mol. The second-order valence-corrected chi connectivity index (χ2v) is 4.90. The Morgan fingerprint density at radius 3 is 2.88 bits per heavy atom. The van der Waals surface area contributed by atoms with Crippen molar-refractivity contribution in [3.63, 3.8) is 0 Å². The van der Waals surface area contributed by atoms with Gasteiger partial charge in [0.2, 0.25) is 5.89 Å². The maximum Gasteiger partial charge on any atom is 0.234 e. The molecular weight excluding hydrogens is 216 g/mol. The van der Waals surface area contributed by atoms with Crippen molar-refractivity contribution in [2.45, 2.75) is 58.3 Å². The highest BCUT2D eigenvalue weighted by atomic mass is 16.5. The van der Waals surface area contributed by atoms with Crippen LogP contribution >= 0.6 is 0 Å². The summed E-state index contributed by atoms with van der Waals surface area (Å²) in [5, 5.41) is 4.02. The molecule has 0 saturated heterocycles. The van der Waals surface area contributed by atoms with Crippen molar-refractivity contribution < 1.29 is 9.32 Å². The van der Waals surface area contributed by atoms with Gasteiger partial charge >= 0.3 is 0 Å². The van der Waals surface area contributed by atoms with Gasteiger partial charge in [-0.25, -0.2) is 0 Å². The van der Waals surface area contributed by atoms with E-state index in [0.717, 1.165) is 24.6 Å². The van der Waals surface area contributed by atoms with Crippen molar-refractivity contribution in [3.8, 4) is 0 Å². The molecule has 1 aliphatic rings. The highest BCUT2D eigenvalue weighted by molar-refractivity contribution is 5.79. The van der Waals surface area contributed by atoms with Crippen LogP contribution in [0.2, 0.25) is 0 Å². The molecule has 0 aliphatic heterocycles. The number of Topliss-reactive ketones (excluding diaryl/α,β-unsaturated/α-hetero) is 1. The molecule has 1 heterocycles. The van der Waals surface area contributed by atoms with Gasteiger partial charge < -0.3 is 4.52 Å². The molecule has 1 aromatic heterocycles. The Hall–Kier alpha value is -1.19. The molecule has 0 radical (unpaired) electrons. The third kappa shape index (κ3) is 2.93. The predicted octanol–water partition coefficient (Wildman–Crippen LogP) is 2.88. The second-order valence-electron chi connectivity index (χ2n) is 4.90. The summed E-state index contributed by atoms with van der Waals surface area (Å²) >= 11 is 0. The van der Waals surface area contributed by atoms with Gasteiger partial charge in [-0.15, -0.1) is 0 Å². The molecule has 0 bridgehead atoms. The lowest BCUT2D eigenvalue weighted by Crippen LogP contribution is -2.01. The maximum absolute atomic E-state index is 11.3. The fourth-order valence-corrected chi connectivity index (χ4v) is 2.48. The van der Waals surface area contributed by atoms with Crippen molar-refractivity contribution in [1.29, 1.82) is 0 Å². The standard InChI is InChI=1S/C13H20N2O2/c1-3-9-5-6-10(7-9)13-14-12(17-15-13)8-11(16)4-2/h9-10H,3-8H2,1-2H3. The van der Waals surface area contributed by atoms with Crippen molar-refractivity contribution >= 4 is 5.78 Å². The van der Waals surface area contributed by atoms with E-state index in [2.05, 4.69) is 17.1 Å². The van der Waals surface area contributed by atoms with Gasteiger partial charge in [0.25, 0.3) is 0 Å². The molecule has 1 aliphatic carbocycles. The van der Waals surface area contributed by atoms with Gasteiger partial charge in [-0.2, -0.15) is 4.98 Å². The summed E-state index contributed by atoms with van der Waals surface area (Å²) in [6.45, 7) is 4.08. The molecule has 0 amide bonds. The lowest BCUT2D eigenvalue weighted by atomic mass is 10.0. The smallest absolute Gasteiger partial charge is 0.234 e. The van der Waals surface area contributed by atoms with E-state index in [4.69, 9.17) is 4.52 Å². The van der Waals surface area contributed by atoms with Gasteiger partial charge in [0.05, 0.1) is 6.42 Å². The van der Waals surface area contributed by atoms with Gasteiger partial charge in [-0.3, -0.25) is 4.79 Å². The van der Waals surface area contributed by atoms with Crippen LogP contribution in [0.25, 0.3) is 0 Å². The van der Waals surface area contributed by atoms with Gasteiger partial charge in [0, 0.05) is 12.3 Å². The second kappa shape index (κ2) is 5.43. The van der Waals surface area contributed by atoms with Crippen LogP contribution in [0.5, 0.6) is 0 Å². The molecule has 2 atom stereocenters. The van der Waals surface area contributed by atoms with E-state index in [1.165, 1.54) is 12.8 Å². The molecule has 94 valence electrons. The fraction of sp³-hybridized carbons (Fsp3) is 0.769. The largest absolute Gasteiger partial charge is 0.339 e. The first-order chi connectivity index (χ1) is 8.22. The van der Waals surface area contributed by atoms with Crippen LogP contribution in [-0.4, -0.2) is 15.9 Å². The third-order valence-corrected chi connectivity index (χ3v) is 3.71. The lowest BCUT2D eigenvalue weighted by molar-refractivity contribution is -0.118. The zero-order chi connectivity index (χ0) is 12.3. The van der Waals surface area contributed by atoms with E-state index < -0.39 is 0 Å². The molecule has 2 unspecified atom stereocenters. The molecule has 0 aromatic carbocycles. The van der Waals surface area contributed by atoms with E-state index in [0.29, 0.717) is 18.2 Å². The van der Waals surface area contributed by atoms with Crippen LogP contribution in [-0.2, 0) is 11.2 Å². The van der Waals surface area contributed by atoms with Crippen LogP contribution in [0.4, 0.5) is 0 Å². The quantitative estimate of drug-likeness (QED) is 0.788. The average Bonchev–Trinajstić information content (AvgIpc) is 2.96. The Morgan fingerprint density at radius 1 is 1.41 bits per heavy atom. The molecule has 1 fully saturated rings. The Balaban J connectivity index is 1.96. The number of carbonyl (C=O) groups is 1. The SMILES string of the molecule is CCC(=O)Cc1nc(C2CCC(CC)C2)no1. The molecule has 4 nitrogen and oxygen atoms in total. The number of ketones is 1. The highest BCUT2D eigenvalue weighted by Crippen LogP contribution is 2.38. The predicted molar refractivity (Wildman–Crippen MR) is 63.7 cm³/mol. The summed E-state index contributed by atoms with van der Waals surface area (Å²) in [5.74, 6) is 2.68. The van der Waals surface area contributed by atoms with E-state index in [1.54, 1.807) is 0 Å². The topological polar surface area (TPSA) is 56.0 Å². The number of rotatable bonds is 5. The number of aromatic nitrogens is 2. The minimum atomic E-state index is 0.151. The molecule has 1 aromatic rings. The summed E-state index contributed by atoms with van der Waals surface area (Å²) in [5.41, 5.74) is 0. The van der Waals surface area contributed by atoms with Crippen molar-refractivity contribution in [2.75, 3.05) is 0 Å². The molecule has 1 saturated carbocycles. The van der Waals surface area contributed by atoms with E-state index in [1.807, 2.05) is 6.92 Å². The minimum Gasteiger partial charge on any atom is -0.339 e. The molecular formula is C13H20N2O2. The summed E-state index contributed by atoms with van der Waals surface area (Å²) in [6, 6.07) is 0. The molecule has 0 N–H and O–H groups in total. The molecule has 2 rings (SSSR count). The van der Waals surface area contributed by atoms with E-state index in [9.17, 15) is 4.79 Å². The molecule has 4 heteroatoms. The Bertz CT molecular complexity index is 387.